The van der Waals surface area contributed by atoms with Crippen LogP contribution in [-0.2, 0) is 19.0 Å². The lowest BCUT2D eigenvalue weighted by Gasteiger charge is -2.64. The van der Waals surface area contributed by atoms with E-state index in [-0.39, 0.29) is 12.0 Å². The molecule has 0 unspecified atom stereocenters. The molecule has 0 N–H and O–H groups in total. The summed E-state index contributed by atoms with van der Waals surface area (Å²) in [5.74, 6) is 0.548. The average Bonchev–Trinajstić information content (AvgIpc) is 2.52. The molecule has 3 fully saturated rings. The number of carbonyl (C=O) groups is 1. The van der Waals surface area contributed by atoms with Gasteiger partial charge >= 0.3 is 0 Å². The van der Waals surface area contributed by atoms with Crippen LogP contribution >= 0.6 is 0 Å². The summed E-state index contributed by atoms with van der Waals surface area (Å²) >= 11 is 0. The number of likely N-dealkylation sites (tertiary alicyclic amines) is 1. The number of hydrogen-bond acceptors (Lipinski definition) is 4. The van der Waals surface area contributed by atoms with Crippen molar-refractivity contribution in [2.24, 2.45) is 11.3 Å². The van der Waals surface area contributed by atoms with E-state index >= 15 is 0 Å². The standard InChI is InChI=1S/C21H37NO4/c1-15(2)26-18-10-17(11-18)20(23)22-14-21(16(22)3)12-19(13-21)25-9-7-5-6-8-24-4/h15-19H,5-14H2,1-4H3/t16-,17?,18?,19?,21?/m0/s1. The predicted molar refractivity (Wildman–Crippen MR) is 101 cm³/mol. The third-order valence-corrected chi connectivity index (χ3v) is 6.65. The highest BCUT2D eigenvalue weighted by atomic mass is 16.5. The molecule has 150 valence electrons. The molecule has 0 radical (unpaired) electrons. The largest absolute Gasteiger partial charge is 0.385 e. The molecule has 3 aliphatic rings. The van der Waals surface area contributed by atoms with Crippen LogP contribution in [0.15, 0.2) is 0 Å². The molecule has 0 aromatic carbocycles. The Kier molecular flexibility index (Phi) is 6.63. The van der Waals surface area contributed by atoms with Gasteiger partial charge < -0.3 is 19.1 Å². The third-order valence-electron chi connectivity index (χ3n) is 6.65. The molecule has 1 heterocycles. The fourth-order valence-electron chi connectivity index (χ4n) is 4.80. The minimum Gasteiger partial charge on any atom is -0.385 e. The number of rotatable bonds is 10. The van der Waals surface area contributed by atoms with Gasteiger partial charge in [-0.3, -0.25) is 4.79 Å². The molecule has 0 bridgehead atoms. The second-order valence-electron chi connectivity index (χ2n) is 8.93. The molecule has 5 nitrogen and oxygen atoms in total. The monoisotopic (exact) mass is 367 g/mol. The Morgan fingerprint density at radius 1 is 1.12 bits per heavy atom. The molecule has 0 aromatic heterocycles. The normalized spacial score (nSPS) is 36.0. The molecule has 2 aliphatic carbocycles. The van der Waals surface area contributed by atoms with Gasteiger partial charge in [-0.15, -0.1) is 0 Å². The number of hydrogen-bond donors (Lipinski definition) is 0. The van der Waals surface area contributed by atoms with Gasteiger partial charge in [-0.2, -0.15) is 0 Å². The van der Waals surface area contributed by atoms with Crippen LogP contribution in [0, 0.1) is 11.3 Å². The number of ether oxygens (including phenoxy) is 3. The van der Waals surface area contributed by atoms with E-state index in [0.29, 0.717) is 29.6 Å². The summed E-state index contributed by atoms with van der Waals surface area (Å²) in [6, 6.07) is 0.377. The zero-order valence-corrected chi connectivity index (χ0v) is 17.0. The van der Waals surface area contributed by atoms with Crippen LogP contribution < -0.4 is 0 Å². The summed E-state index contributed by atoms with van der Waals surface area (Å²) < 4.78 is 16.9. The second-order valence-corrected chi connectivity index (χ2v) is 8.93. The van der Waals surface area contributed by atoms with Gasteiger partial charge in [-0.05, 0) is 65.7 Å². The Labute approximate surface area is 158 Å². The van der Waals surface area contributed by atoms with Crippen LogP contribution in [0.2, 0.25) is 0 Å². The maximum atomic E-state index is 12.7. The van der Waals surface area contributed by atoms with Crippen molar-refractivity contribution in [2.75, 3.05) is 26.9 Å². The van der Waals surface area contributed by atoms with E-state index in [4.69, 9.17) is 14.2 Å². The minimum atomic E-state index is 0.192. The maximum absolute atomic E-state index is 12.7. The van der Waals surface area contributed by atoms with Crippen molar-refractivity contribution in [1.82, 2.24) is 4.90 Å². The molecular formula is C21H37NO4. The lowest BCUT2D eigenvalue weighted by Crippen LogP contribution is -2.72. The zero-order chi connectivity index (χ0) is 18.7. The van der Waals surface area contributed by atoms with E-state index in [9.17, 15) is 4.79 Å². The first kappa shape index (κ1) is 20.1. The number of methoxy groups -OCH3 is 1. The number of carbonyl (C=O) groups excluding carboxylic acids is 1. The fourth-order valence-corrected chi connectivity index (χ4v) is 4.80. The zero-order valence-electron chi connectivity index (χ0n) is 17.0. The minimum absolute atomic E-state index is 0.192. The summed E-state index contributed by atoms with van der Waals surface area (Å²) in [5.41, 5.74) is 0.341. The van der Waals surface area contributed by atoms with Crippen molar-refractivity contribution in [3.8, 4) is 0 Å². The first-order chi connectivity index (χ1) is 12.4. The molecule has 2 saturated carbocycles. The third kappa shape index (κ3) is 4.26. The fraction of sp³-hybridized carbons (Fsp3) is 0.952. The first-order valence-electron chi connectivity index (χ1n) is 10.5. The highest BCUT2D eigenvalue weighted by Gasteiger charge is 2.60. The van der Waals surface area contributed by atoms with Crippen molar-refractivity contribution < 1.29 is 19.0 Å². The second kappa shape index (κ2) is 8.57. The quantitative estimate of drug-likeness (QED) is 0.555. The molecule has 5 heteroatoms. The molecule has 1 saturated heterocycles. The Balaban J connectivity index is 1.29. The van der Waals surface area contributed by atoms with E-state index < -0.39 is 0 Å². The molecule has 0 aromatic rings. The maximum Gasteiger partial charge on any atom is 0.226 e. The predicted octanol–water partition coefficient (Wildman–Crippen LogP) is 3.40. The molecule has 1 amide bonds. The van der Waals surface area contributed by atoms with E-state index in [1.165, 1.54) is 6.42 Å². The Morgan fingerprint density at radius 3 is 2.42 bits per heavy atom. The molecule has 1 atom stereocenters. The number of amides is 1. The SMILES string of the molecule is COCCCCCOC1CC2(C1)CN(C(=O)C1CC(OC(C)C)C1)[C@H]2C. The number of unbranched alkanes of at least 4 members (excludes halogenated alkanes) is 2. The summed E-state index contributed by atoms with van der Waals surface area (Å²) in [7, 11) is 1.75. The van der Waals surface area contributed by atoms with Gasteiger partial charge in [0, 0.05) is 44.2 Å². The van der Waals surface area contributed by atoms with Crippen LogP contribution in [0.5, 0.6) is 0 Å². The van der Waals surface area contributed by atoms with Gasteiger partial charge in [-0.1, -0.05) is 0 Å². The van der Waals surface area contributed by atoms with Crippen LogP contribution in [0.3, 0.4) is 0 Å². The van der Waals surface area contributed by atoms with E-state index in [1.54, 1.807) is 7.11 Å². The van der Waals surface area contributed by atoms with E-state index in [2.05, 4.69) is 25.7 Å². The highest BCUT2D eigenvalue weighted by Crippen LogP contribution is 2.55. The first-order valence-corrected chi connectivity index (χ1v) is 10.5. The molecule has 1 aliphatic heterocycles. The van der Waals surface area contributed by atoms with Gasteiger partial charge in [0.2, 0.25) is 5.91 Å². The van der Waals surface area contributed by atoms with Gasteiger partial charge in [0.15, 0.2) is 0 Å². The Hall–Kier alpha value is -0.650. The molecule has 3 rings (SSSR count). The molecule has 26 heavy (non-hydrogen) atoms. The van der Waals surface area contributed by atoms with E-state index in [0.717, 1.165) is 58.3 Å². The smallest absolute Gasteiger partial charge is 0.226 e. The Morgan fingerprint density at radius 2 is 1.81 bits per heavy atom. The van der Waals surface area contributed by atoms with Crippen LogP contribution in [0.4, 0.5) is 0 Å². The topological polar surface area (TPSA) is 48.0 Å². The van der Waals surface area contributed by atoms with Crippen molar-refractivity contribution in [3.05, 3.63) is 0 Å². The average molecular weight is 368 g/mol. The van der Waals surface area contributed by atoms with Crippen molar-refractivity contribution in [3.63, 3.8) is 0 Å². The van der Waals surface area contributed by atoms with E-state index in [1.807, 2.05) is 0 Å². The summed E-state index contributed by atoms with van der Waals surface area (Å²) in [6.45, 7) is 8.99. The summed E-state index contributed by atoms with van der Waals surface area (Å²) in [6.07, 6.45) is 8.43. The van der Waals surface area contributed by atoms with Crippen LogP contribution in [-0.4, -0.2) is 62.0 Å². The number of nitrogens with zero attached hydrogens (tertiary/aromatic N) is 1. The van der Waals surface area contributed by atoms with Crippen molar-refractivity contribution in [2.45, 2.75) is 90.1 Å². The van der Waals surface area contributed by atoms with Gasteiger partial charge in [0.05, 0.1) is 18.3 Å². The summed E-state index contributed by atoms with van der Waals surface area (Å²) in [5, 5.41) is 0. The van der Waals surface area contributed by atoms with Gasteiger partial charge in [-0.25, -0.2) is 0 Å². The lowest BCUT2D eigenvalue weighted by atomic mass is 9.56. The Bertz CT molecular complexity index is 469. The van der Waals surface area contributed by atoms with Crippen molar-refractivity contribution in [1.29, 1.82) is 0 Å². The summed E-state index contributed by atoms with van der Waals surface area (Å²) in [4.78, 5) is 14.8. The van der Waals surface area contributed by atoms with Crippen LogP contribution in [0.1, 0.15) is 65.7 Å². The van der Waals surface area contributed by atoms with Gasteiger partial charge in [0.1, 0.15) is 0 Å². The van der Waals surface area contributed by atoms with Gasteiger partial charge in [0.25, 0.3) is 0 Å². The molecular weight excluding hydrogens is 330 g/mol. The lowest BCUT2D eigenvalue weighted by molar-refractivity contribution is -0.201. The van der Waals surface area contributed by atoms with Crippen molar-refractivity contribution >= 4 is 5.91 Å². The van der Waals surface area contributed by atoms with Crippen LogP contribution in [0.25, 0.3) is 0 Å². The highest BCUT2D eigenvalue weighted by molar-refractivity contribution is 5.81. The molecule has 1 spiro atoms.